The number of rotatable bonds is 6. The van der Waals surface area contributed by atoms with Crippen LogP contribution in [-0.2, 0) is 14.8 Å². The lowest BCUT2D eigenvalue weighted by atomic mass is 9.82. The number of aryl methyl sites for hydroxylation is 1. The van der Waals surface area contributed by atoms with Gasteiger partial charge >= 0.3 is 0 Å². The summed E-state index contributed by atoms with van der Waals surface area (Å²) in [6.07, 6.45) is 6.81. The van der Waals surface area contributed by atoms with E-state index in [0.717, 1.165) is 59.8 Å². The first-order valence-corrected chi connectivity index (χ1v) is 14.2. The van der Waals surface area contributed by atoms with Gasteiger partial charge in [-0.15, -0.1) is 0 Å². The molecular weight excluding hydrogens is 478 g/mol. The summed E-state index contributed by atoms with van der Waals surface area (Å²) < 4.78 is 33.3. The topological polar surface area (TPSA) is 117 Å². The largest absolute Gasteiger partial charge is 0.494 e. The van der Waals surface area contributed by atoms with Gasteiger partial charge in [0.1, 0.15) is 17.1 Å². The Balaban J connectivity index is 1.48. The van der Waals surface area contributed by atoms with Gasteiger partial charge < -0.3 is 15.1 Å². The molecule has 1 spiro atoms. The molecule has 1 aromatic rings. The van der Waals surface area contributed by atoms with Gasteiger partial charge in [-0.2, -0.15) is 4.31 Å². The second kappa shape index (κ2) is 10.1. The van der Waals surface area contributed by atoms with Gasteiger partial charge in [0, 0.05) is 37.0 Å². The average Bonchev–Trinajstić information content (AvgIpc) is 3.14. The summed E-state index contributed by atoms with van der Waals surface area (Å²) in [5.41, 5.74) is 2.38. The van der Waals surface area contributed by atoms with Gasteiger partial charge in [0.15, 0.2) is 0 Å². The number of ether oxygens (including phenoxy) is 1. The van der Waals surface area contributed by atoms with Crippen LogP contribution in [0.5, 0.6) is 5.75 Å². The van der Waals surface area contributed by atoms with Gasteiger partial charge in [-0.1, -0.05) is 19.8 Å². The molecule has 1 aromatic carbocycles. The van der Waals surface area contributed by atoms with E-state index in [0.29, 0.717) is 24.5 Å². The molecule has 3 aliphatic rings. The Morgan fingerprint density at radius 3 is 2.44 bits per heavy atom. The number of amides is 1. The van der Waals surface area contributed by atoms with Crippen molar-refractivity contribution in [1.29, 1.82) is 0 Å². The van der Waals surface area contributed by atoms with Crippen molar-refractivity contribution in [2.75, 3.05) is 32.3 Å². The van der Waals surface area contributed by atoms with Crippen molar-refractivity contribution in [1.82, 2.24) is 9.62 Å². The van der Waals surface area contributed by atoms with E-state index >= 15 is 0 Å². The molecule has 2 heterocycles. The normalized spacial score (nSPS) is 24.7. The number of benzene rings is 1. The van der Waals surface area contributed by atoms with E-state index in [-0.39, 0.29) is 19.0 Å². The molecule has 0 atom stereocenters. The van der Waals surface area contributed by atoms with Crippen molar-refractivity contribution < 1.29 is 17.9 Å². The molecule has 1 aliphatic carbocycles. The number of sulfonamides is 1. The van der Waals surface area contributed by atoms with E-state index in [2.05, 4.69) is 12.2 Å². The molecule has 2 aliphatic heterocycles. The minimum Gasteiger partial charge on any atom is -0.494 e. The first-order valence-electron chi connectivity index (χ1n) is 12.7. The zero-order valence-electron chi connectivity index (χ0n) is 22.0. The Hall–Kier alpha value is -2.43. The van der Waals surface area contributed by atoms with Gasteiger partial charge in [0.05, 0.1) is 12.8 Å². The number of hydrogen-bond acceptors (Lipinski definition) is 7. The second-order valence-corrected chi connectivity index (χ2v) is 12.4. The molecule has 0 aromatic heterocycles. The van der Waals surface area contributed by atoms with Gasteiger partial charge in [0.25, 0.3) is 5.91 Å². The fraction of sp³-hybridized carbons (Fsp3) is 0.615. The van der Waals surface area contributed by atoms with Crippen molar-refractivity contribution in [3.05, 3.63) is 28.2 Å². The minimum absolute atomic E-state index is 0.0768. The lowest BCUT2D eigenvalue weighted by molar-refractivity contribution is -0.124. The molecule has 198 valence electrons. The lowest BCUT2D eigenvalue weighted by Crippen LogP contribution is -2.50. The molecule has 1 amide bonds. The van der Waals surface area contributed by atoms with Crippen LogP contribution in [0.4, 0.5) is 5.69 Å². The van der Waals surface area contributed by atoms with Crippen LogP contribution in [0, 0.1) is 25.7 Å². The number of carbonyl (C=O) groups is 1. The van der Waals surface area contributed by atoms with E-state index in [1.54, 1.807) is 20.2 Å². The fourth-order valence-corrected chi connectivity index (χ4v) is 6.86. The summed E-state index contributed by atoms with van der Waals surface area (Å²) in [5, 5.41) is 5.77. The molecule has 9 nitrogen and oxygen atoms in total. The number of carbonyl (C=O) groups excluding carboxylic acids is 1. The van der Waals surface area contributed by atoms with E-state index in [4.69, 9.17) is 15.6 Å². The SMILES string of the molecule is COc1c(N(C)N)cc(C)c(/C=C/S(=O)(=O)N2CCC3(CC2)N=C(C2CCC(C)CC2)NC3=O)c1C. The highest BCUT2D eigenvalue weighted by Crippen LogP contribution is 2.37. The Labute approximate surface area is 214 Å². The first-order chi connectivity index (χ1) is 17.0. The maximum Gasteiger partial charge on any atom is 0.253 e. The Bertz CT molecular complexity index is 1180. The zero-order chi connectivity index (χ0) is 26.3. The molecular formula is C26H39N5O4S. The molecule has 0 radical (unpaired) electrons. The zero-order valence-corrected chi connectivity index (χ0v) is 22.8. The first kappa shape index (κ1) is 26.6. The highest BCUT2D eigenvalue weighted by atomic mass is 32.2. The van der Waals surface area contributed by atoms with Gasteiger partial charge in [-0.3, -0.25) is 9.79 Å². The standard InChI is InChI=1S/C26H39N5O4S/c1-17-6-8-20(9-7-17)24-28-25(32)26(29-24)11-13-31(14-12-26)36(33,34)15-10-21-18(2)16-22(30(4)27)23(35-5)19(21)3/h10,15-17,20H,6-9,11-14,27H2,1-5H3,(H,28,29,32)/b15-10+. The Kier molecular flexibility index (Phi) is 7.50. The molecule has 1 saturated carbocycles. The third-order valence-electron chi connectivity index (χ3n) is 8.06. The van der Waals surface area contributed by atoms with Crippen molar-refractivity contribution >= 4 is 33.5 Å². The molecule has 10 heteroatoms. The molecule has 36 heavy (non-hydrogen) atoms. The van der Waals surface area contributed by atoms with Crippen LogP contribution in [0.2, 0.25) is 0 Å². The summed E-state index contributed by atoms with van der Waals surface area (Å²) in [4.78, 5) is 17.8. The molecule has 4 rings (SSSR count). The van der Waals surface area contributed by atoms with E-state index < -0.39 is 15.6 Å². The number of nitrogens with zero attached hydrogens (tertiary/aromatic N) is 3. The minimum atomic E-state index is -3.67. The number of piperidine rings is 1. The maximum absolute atomic E-state index is 13.2. The van der Waals surface area contributed by atoms with Crippen LogP contribution in [0.25, 0.3) is 6.08 Å². The van der Waals surface area contributed by atoms with Gasteiger partial charge in [-0.25, -0.2) is 14.3 Å². The summed E-state index contributed by atoms with van der Waals surface area (Å²) in [6, 6.07) is 1.88. The van der Waals surface area contributed by atoms with E-state index in [1.165, 1.54) is 14.7 Å². The van der Waals surface area contributed by atoms with Crippen LogP contribution in [0.1, 0.15) is 62.1 Å². The summed E-state index contributed by atoms with van der Waals surface area (Å²) >= 11 is 0. The van der Waals surface area contributed by atoms with Crippen LogP contribution in [0.15, 0.2) is 16.5 Å². The van der Waals surface area contributed by atoms with Crippen molar-refractivity contribution in [3.63, 3.8) is 0 Å². The predicted octanol–water partition coefficient (Wildman–Crippen LogP) is 3.11. The average molecular weight is 518 g/mol. The maximum atomic E-state index is 13.2. The van der Waals surface area contributed by atoms with Crippen LogP contribution < -0.4 is 20.9 Å². The number of hydrogen-bond donors (Lipinski definition) is 2. The molecule has 1 saturated heterocycles. The van der Waals surface area contributed by atoms with Crippen molar-refractivity contribution in [2.45, 2.75) is 64.8 Å². The van der Waals surface area contributed by atoms with Crippen LogP contribution >= 0.6 is 0 Å². The molecule has 3 N–H and O–H groups in total. The second-order valence-electron chi connectivity index (χ2n) is 10.6. The van der Waals surface area contributed by atoms with Crippen LogP contribution in [0.3, 0.4) is 0 Å². The number of nitrogens with two attached hydrogens (primary N) is 1. The predicted molar refractivity (Wildman–Crippen MR) is 143 cm³/mol. The number of aliphatic imine (C=N–C) groups is 1. The van der Waals surface area contributed by atoms with Gasteiger partial charge in [0.2, 0.25) is 10.0 Å². The molecule has 2 fully saturated rings. The Morgan fingerprint density at radius 2 is 1.86 bits per heavy atom. The number of methoxy groups -OCH3 is 1. The fourth-order valence-electron chi connectivity index (χ4n) is 5.69. The third kappa shape index (κ3) is 5.03. The summed E-state index contributed by atoms with van der Waals surface area (Å²) in [6.45, 7) is 6.59. The summed E-state index contributed by atoms with van der Waals surface area (Å²) in [5.74, 6) is 8.31. The molecule has 0 bridgehead atoms. The highest BCUT2D eigenvalue weighted by Gasteiger charge is 2.48. The number of amidine groups is 1. The monoisotopic (exact) mass is 517 g/mol. The van der Waals surface area contributed by atoms with E-state index in [9.17, 15) is 13.2 Å². The third-order valence-corrected chi connectivity index (χ3v) is 9.62. The number of hydrazine groups is 1. The molecule has 0 unspecified atom stereocenters. The smallest absolute Gasteiger partial charge is 0.253 e. The lowest BCUT2D eigenvalue weighted by Gasteiger charge is -2.34. The van der Waals surface area contributed by atoms with Gasteiger partial charge in [-0.05, 0) is 68.7 Å². The number of anilines is 1. The number of nitrogens with one attached hydrogen (secondary N) is 1. The van der Waals surface area contributed by atoms with E-state index in [1.807, 2.05) is 19.9 Å². The Morgan fingerprint density at radius 1 is 1.22 bits per heavy atom. The van der Waals surface area contributed by atoms with Crippen molar-refractivity contribution in [3.8, 4) is 5.75 Å². The van der Waals surface area contributed by atoms with Crippen LogP contribution in [-0.4, -0.2) is 57.3 Å². The summed E-state index contributed by atoms with van der Waals surface area (Å²) in [7, 11) is -0.369. The van der Waals surface area contributed by atoms with Crippen molar-refractivity contribution in [2.24, 2.45) is 22.7 Å². The quantitative estimate of drug-likeness (QED) is 0.442. The highest BCUT2D eigenvalue weighted by molar-refractivity contribution is 7.92.